The van der Waals surface area contributed by atoms with E-state index < -0.39 is 0 Å². The standard InChI is InChI=1S/C8H18.C7H7N.ClH/c1-3-5-7-8-6-4-2;1-2-7-3-5-8-6-4-7;/h3-8H2,1-2H3;2-6H,1H2;1H. The summed E-state index contributed by atoms with van der Waals surface area (Å²) in [5.74, 6) is 0. The van der Waals surface area contributed by atoms with Gasteiger partial charge >= 0.3 is 0 Å². The summed E-state index contributed by atoms with van der Waals surface area (Å²) in [6.45, 7) is 8.11. The van der Waals surface area contributed by atoms with E-state index in [1.54, 1.807) is 18.5 Å². The van der Waals surface area contributed by atoms with Gasteiger partial charge < -0.3 is 0 Å². The average molecular weight is 256 g/mol. The molecule has 0 aliphatic heterocycles. The van der Waals surface area contributed by atoms with Gasteiger partial charge in [0.25, 0.3) is 0 Å². The minimum Gasteiger partial charge on any atom is -0.265 e. The van der Waals surface area contributed by atoms with Crippen LogP contribution in [-0.2, 0) is 0 Å². The second-order valence-corrected chi connectivity index (χ2v) is 3.90. The molecule has 0 saturated heterocycles. The maximum atomic E-state index is 3.85. The quantitative estimate of drug-likeness (QED) is 0.611. The zero-order valence-electron chi connectivity index (χ0n) is 11.2. The van der Waals surface area contributed by atoms with Crippen molar-refractivity contribution in [3.05, 3.63) is 36.7 Å². The second kappa shape index (κ2) is 15.2. The van der Waals surface area contributed by atoms with Crippen molar-refractivity contribution >= 4 is 18.5 Å². The zero-order chi connectivity index (χ0) is 12.1. The van der Waals surface area contributed by atoms with Gasteiger partial charge in [-0.25, -0.2) is 0 Å². The Morgan fingerprint density at radius 1 is 1.00 bits per heavy atom. The minimum atomic E-state index is 0. The van der Waals surface area contributed by atoms with Crippen LogP contribution in [0.15, 0.2) is 31.1 Å². The molecule has 0 N–H and O–H groups in total. The Morgan fingerprint density at radius 2 is 1.47 bits per heavy atom. The highest BCUT2D eigenvalue weighted by Crippen LogP contribution is 2.03. The normalized spacial score (nSPS) is 8.59. The lowest BCUT2D eigenvalue weighted by Gasteiger charge is -1.93. The van der Waals surface area contributed by atoms with Crippen LogP contribution in [0, 0.1) is 0 Å². The summed E-state index contributed by atoms with van der Waals surface area (Å²) in [6.07, 6.45) is 13.8. The summed E-state index contributed by atoms with van der Waals surface area (Å²) in [6, 6.07) is 3.82. The van der Waals surface area contributed by atoms with Crippen LogP contribution in [-0.4, -0.2) is 4.98 Å². The number of rotatable bonds is 6. The monoisotopic (exact) mass is 255 g/mol. The van der Waals surface area contributed by atoms with Gasteiger partial charge in [0.05, 0.1) is 0 Å². The third kappa shape index (κ3) is 13.1. The van der Waals surface area contributed by atoms with Gasteiger partial charge in [0.15, 0.2) is 0 Å². The van der Waals surface area contributed by atoms with Gasteiger partial charge in [-0.2, -0.15) is 0 Å². The molecule has 17 heavy (non-hydrogen) atoms. The lowest BCUT2D eigenvalue weighted by atomic mass is 10.1. The van der Waals surface area contributed by atoms with E-state index in [9.17, 15) is 0 Å². The predicted octanol–water partition coefficient (Wildman–Crippen LogP) is 5.51. The molecule has 0 fully saturated rings. The van der Waals surface area contributed by atoms with Crippen molar-refractivity contribution in [1.29, 1.82) is 0 Å². The number of hydrogen-bond donors (Lipinski definition) is 0. The van der Waals surface area contributed by atoms with Crippen LogP contribution >= 0.6 is 12.4 Å². The molecule has 1 heterocycles. The number of aromatic nitrogens is 1. The molecule has 0 saturated carbocycles. The first-order valence-corrected chi connectivity index (χ1v) is 6.37. The Labute approximate surface area is 113 Å². The number of halogens is 1. The van der Waals surface area contributed by atoms with Crippen LogP contribution in [0.5, 0.6) is 0 Å². The summed E-state index contributed by atoms with van der Waals surface area (Å²) < 4.78 is 0. The molecule has 1 aromatic heterocycles. The Bertz CT molecular complexity index is 240. The maximum Gasteiger partial charge on any atom is 0.0273 e. The number of hydrogen-bond acceptors (Lipinski definition) is 1. The molecule has 0 atom stereocenters. The SMILES string of the molecule is C=Cc1ccncc1.CCCCCCCC.Cl. The summed E-state index contributed by atoms with van der Waals surface area (Å²) in [4.78, 5) is 3.85. The smallest absolute Gasteiger partial charge is 0.0273 e. The van der Waals surface area contributed by atoms with E-state index in [1.807, 2.05) is 12.1 Å². The van der Waals surface area contributed by atoms with E-state index in [4.69, 9.17) is 0 Å². The van der Waals surface area contributed by atoms with Crippen molar-refractivity contribution in [3.63, 3.8) is 0 Å². The Kier molecular flexibility index (Phi) is 16.6. The average Bonchev–Trinajstić information content (AvgIpc) is 2.36. The molecule has 1 aromatic rings. The Morgan fingerprint density at radius 3 is 1.76 bits per heavy atom. The summed E-state index contributed by atoms with van der Waals surface area (Å²) in [5.41, 5.74) is 1.11. The van der Waals surface area contributed by atoms with Gasteiger partial charge in [-0.3, -0.25) is 4.98 Å². The maximum absolute atomic E-state index is 3.85. The van der Waals surface area contributed by atoms with Gasteiger partial charge in [0, 0.05) is 12.4 Å². The van der Waals surface area contributed by atoms with E-state index in [0.29, 0.717) is 0 Å². The van der Waals surface area contributed by atoms with Crippen molar-refractivity contribution in [2.45, 2.75) is 52.4 Å². The molecule has 0 radical (unpaired) electrons. The first kappa shape index (κ1) is 18.5. The van der Waals surface area contributed by atoms with Crippen molar-refractivity contribution in [1.82, 2.24) is 4.98 Å². The van der Waals surface area contributed by atoms with Gasteiger partial charge in [-0.05, 0) is 17.7 Å². The third-order valence-corrected chi connectivity index (χ3v) is 2.40. The van der Waals surface area contributed by atoms with Crippen LogP contribution < -0.4 is 0 Å². The Balaban J connectivity index is 0. The molecular weight excluding hydrogens is 230 g/mol. The molecule has 0 spiro atoms. The van der Waals surface area contributed by atoms with E-state index in [2.05, 4.69) is 25.4 Å². The lowest BCUT2D eigenvalue weighted by molar-refractivity contribution is 0.624. The largest absolute Gasteiger partial charge is 0.265 e. The van der Waals surface area contributed by atoms with Crippen LogP contribution in [0.3, 0.4) is 0 Å². The first-order valence-electron chi connectivity index (χ1n) is 6.37. The molecular formula is C15H26ClN. The van der Waals surface area contributed by atoms with E-state index >= 15 is 0 Å². The molecule has 1 rings (SSSR count). The molecule has 0 unspecified atom stereocenters. The molecule has 0 amide bonds. The number of unbranched alkanes of at least 4 members (excludes halogenated alkanes) is 5. The van der Waals surface area contributed by atoms with Crippen LogP contribution in [0.4, 0.5) is 0 Å². The molecule has 0 aliphatic rings. The van der Waals surface area contributed by atoms with Crippen molar-refractivity contribution in [3.8, 4) is 0 Å². The topological polar surface area (TPSA) is 12.9 Å². The highest BCUT2D eigenvalue weighted by Gasteiger charge is 1.83. The van der Waals surface area contributed by atoms with Crippen molar-refractivity contribution in [2.75, 3.05) is 0 Å². The zero-order valence-corrected chi connectivity index (χ0v) is 12.0. The molecule has 2 heteroatoms. The van der Waals surface area contributed by atoms with Crippen molar-refractivity contribution in [2.24, 2.45) is 0 Å². The van der Waals surface area contributed by atoms with Crippen LogP contribution in [0.2, 0.25) is 0 Å². The third-order valence-electron chi connectivity index (χ3n) is 2.40. The molecule has 1 nitrogen and oxygen atoms in total. The minimum absolute atomic E-state index is 0. The van der Waals surface area contributed by atoms with Crippen LogP contribution in [0.1, 0.15) is 57.9 Å². The fraction of sp³-hybridized carbons (Fsp3) is 0.533. The highest BCUT2D eigenvalue weighted by molar-refractivity contribution is 5.85. The van der Waals surface area contributed by atoms with Crippen molar-refractivity contribution < 1.29 is 0 Å². The van der Waals surface area contributed by atoms with Gasteiger partial charge in [0.1, 0.15) is 0 Å². The molecule has 0 bridgehead atoms. The predicted molar refractivity (Wildman–Crippen MR) is 80.6 cm³/mol. The molecule has 98 valence electrons. The lowest BCUT2D eigenvalue weighted by Crippen LogP contribution is -1.73. The molecule has 0 aliphatic carbocycles. The fourth-order valence-corrected chi connectivity index (χ4v) is 1.35. The summed E-state index contributed by atoms with van der Waals surface area (Å²) in [5, 5.41) is 0. The Hall–Kier alpha value is -0.820. The van der Waals surface area contributed by atoms with E-state index in [1.165, 1.54) is 38.5 Å². The molecule has 0 aromatic carbocycles. The van der Waals surface area contributed by atoms with E-state index in [0.717, 1.165) is 5.56 Å². The number of pyridine rings is 1. The summed E-state index contributed by atoms with van der Waals surface area (Å²) in [7, 11) is 0. The first-order chi connectivity index (χ1) is 7.85. The van der Waals surface area contributed by atoms with Crippen LogP contribution in [0.25, 0.3) is 6.08 Å². The number of nitrogens with zero attached hydrogens (tertiary/aromatic N) is 1. The van der Waals surface area contributed by atoms with Gasteiger partial charge in [0.2, 0.25) is 0 Å². The fourth-order valence-electron chi connectivity index (χ4n) is 1.35. The second-order valence-electron chi connectivity index (χ2n) is 3.90. The van der Waals surface area contributed by atoms with Gasteiger partial charge in [-0.1, -0.05) is 65.0 Å². The highest BCUT2D eigenvalue weighted by atomic mass is 35.5. The van der Waals surface area contributed by atoms with Gasteiger partial charge in [-0.15, -0.1) is 12.4 Å². The summed E-state index contributed by atoms with van der Waals surface area (Å²) >= 11 is 0. The van der Waals surface area contributed by atoms with E-state index in [-0.39, 0.29) is 12.4 Å².